The minimum atomic E-state index is -0.555. The van der Waals surface area contributed by atoms with Gasteiger partial charge in [0, 0.05) is 19.7 Å². The molecule has 3 atom stereocenters. The zero-order chi connectivity index (χ0) is 17.0. The van der Waals surface area contributed by atoms with E-state index in [1.54, 1.807) is 12.0 Å². The van der Waals surface area contributed by atoms with E-state index in [9.17, 15) is 9.59 Å². The summed E-state index contributed by atoms with van der Waals surface area (Å²) in [6, 6.07) is -0.286. The van der Waals surface area contributed by atoms with Crippen molar-refractivity contribution in [3.63, 3.8) is 0 Å². The summed E-state index contributed by atoms with van der Waals surface area (Å²) < 4.78 is 10.5. The molecule has 132 valence electrons. The summed E-state index contributed by atoms with van der Waals surface area (Å²) in [5.41, 5.74) is -0.555. The summed E-state index contributed by atoms with van der Waals surface area (Å²) in [5.74, 6) is 0.316. The van der Waals surface area contributed by atoms with E-state index >= 15 is 0 Å². The predicted molar refractivity (Wildman–Crippen MR) is 87.1 cm³/mol. The van der Waals surface area contributed by atoms with E-state index in [2.05, 4.69) is 5.32 Å². The molecule has 1 aliphatic carbocycles. The molecule has 0 aromatic carbocycles. The molecule has 1 aliphatic heterocycles. The number of nitrogens with one attached hydrogen (secondary N) is 1. The third-order valence-electron chi connectivity index (χ3n) is 4.60. The van der Waals surface area contributed by atoms with Crippen LogP contribution in [0.3, 0.4) is 0 Å². The van der Waals surface area contributed by atoms with Gasteiger partial charge in [0.25, 0.3) is 0 Å². The fourth-order valence-corrected chi connectivity index (χ4v) is 3.67. The Morgan fingerprint density at radius 3 is 2.57 bits per heavy atom. The molecule has 1 N–H and O–H groups in total. The molecule has 0 aromatic heterocycles. The van der Waals surface area contributed by atoms with Gasteiger partial charge in [-0.25, -0.2) is 4.79 Å². The average Bonchev–Trinajstić information content (AvgIpc) is 2.85. The highest BCUT2D eigenvalue weighted by molar-refractivity contribution is 5.86. The molecule has 0 bridgehead atoms. The van der Waals surface area contributed by atoms with Gasteiger partial charge in [0.2, 0.25) is 5.91 Å². The predicted octanol–water partition coefficient (Wildman–Crippen LogP) is 2.32. The zero-order valence-electron chi connectivity index (χ0n) is 14.8. The lowest BCUT2D eigenvalue weighted by Gasteiger charge is -2.34. The number of ether oxygens (including phenoxy) is 2. The summed E-state index contributed by atoms with van der Waals surface area (Å²) >= 11 is 0. The van der Waals surface area contributed by atoms with E-state index in [4.69, 9.17) is 9.47 Å². The molecule has 2 rings (SSSR count). The lowest BCUT2D eigenvalue weighted by molar-refractivity contribution is -0.126. The molecule has 1 heterocycles. The SMILES string of the molecule is COCCNC(=O)[C@@H]1C[C@@H]2CCCC[C@@H]2N1C(=O)OC(C)(C)C. The Balaban J connectivity index is 2.10. The number of fused-ring (bicyclic) bond motifs is 1. The minimum Gasteiger partial charge on any atom is -0.444 e. The number of nitrogens with zero attached hydrogens (tertiary/aromatic N) is 1. The molecule has 2 fully saturated rings. The smallest absolute Gasteiger partial charge is 0.411 e. The van der Waals surface area contributed by atoms with Crippen molar-refractivity contribution < 1.29 is 19.1 Å². The number of hydrogen-bond acceptors (Lipinski definition) is 4. The second-order valence-electron chi connectivity index (χ2n) is 7.53. The van der Waals surface area contributed by atoms with Gasteiger partial charge in [0.15, 0.2) is 0 Å². The molecule has 6 heteroatoms. The standard InChI is InChI=1S/C17H30N2O4/c1-17(2,3)23-16(21)19-13-8-6-5-7-12(13)11-14(19)15(20)18-9-10-22-4/h12-14H,5-11H2,1-4H3,(H,18,20)/t12-,13-,14-/m0/s1. The minimum absolute atomic E-state index is 0.0951. The highest BCUT2D eigenvalue weighted by atomic mass is 16.6. The lowest BCUT2D eigenvalue weighted by Crippen LogP contribution is -2.51. The highest BCUT2D eigenvalue weighted by Gasteiger charge is 2.48. The summed E-state index contributed by atoms with van der Waals surface area (Å²) in [6.07, 6.45) is 4.72. The molecular weight excluding hydrogens is 296 g/mol. The number of methoxy groups -OCH3 is 1. The summed E-state index contributed by atoms with van der Waals surface area (Å²) in [7, 11) is 1.60. The van der Waals surface area contributed by atoms with Crippen LogP contribution in [0.25, 0.3) is 0 Å². The molecule has 2 aliphatic rings. The first kappa shape index (κ1) is 18.0. The zero-order valence-corrected chi connectivity index (χ0v) is 14.8. The van der Waals surface area contributed by atoms with Crippen molar-refractivity contribution in [3.8, 4) is 0 Å². The number of carbonyl (C=O) groups is 2. The summed E-state index contributed by atoms with van der Waals surface area (Å²) in [4.78, 5) is 26.9. The van der Waals surface area contributed by atoms with Gasteiger partial charge < -0.3 is 14.8 Å². The van der Waals surface area contributed by atoms with E-state index < -0.39 is 11.6 Å². The van der Waals surface area contributed by atoms with Crippen LogP contribution >= 0.6 is 0 Å². The average molecular weight is 326 g/mol. The van der Waals surface area contributed by atoms with E-state index in [1.165, 1.54) is 6.42 Å². The van der Waals surface area contributed by atoms with Gasteiger partial charge in [0.1, 0.15) is 11.6 Å². The van der Waals surface area contributed by atoms with Crippen molar-refractivity contribution in [3.05, 3.63) is 0 Å². The first-order valence-electron chi connectivity index (χ1n) is 8.61. The molecule has 23 heavy (non-hydrogen) atoms. The Morgan fingerprint density at radius 2 is 1.91 bits per heavy atom. The Hall–Kier alpha value is -1.30. The van der Waals surface area contributed by atoms with Crippen LogP contribution < -0.4 is 5.32 Å². The highest BCUT2D eigenvalue weighted by Crippen LogP contribution is 2.40. The van der Waals surface area contributed by atoms with Gasteiger partial charge in [-0.1, -0.05) is 12.8 Å². The van der Waals surface area contributed by atoms with Crippen LogP contribution in [0.4, 0.5) is 4.79 Å². The maximum absolute atomic E-state index is 12.7. The van der Waals surface area contributed by atoms with Crippen molar-refractivity contribution in [1.82, 2.24) is 10.2 Å². The first-order chi connectivity index (χ1) is 10.8. The quantitative estimate of drug-likeness (QED) is 0.805. The van der Waals surface area contributed by atoms with Gasteiger partial charge >= 0.3 is 6.09 Å². The van der Waals surface area contributed by atoms with E-state index in [0.29, 0.717) is 19.1 Å². The van der Waals surface area contributed by atoms with Crippen molar-refractivity contribution in [2.24, 2.45) is 5.92 Å². The third-order valence-corrected chi connectivity index (χ3v) is 4.60. The van der Waals surface area contributed by atoms with Gasteiger partial charge in [-0.2, -0.15) is 0 Å². The Morgan fingerprint density at radius 1 is 1.22 bits per heavy atom. The Labute approximate surface area is 138 Å². The number of hydrogen-bond donors (Lipinski definition) is 1. The summed E-state index contributed by atoms with van der Waals surface area (Å²) in [5, 5.41) is 2.87. The van der Waals surface area contributed by atoms with E-state index in [1.807, 2.05) is 20.8 Å². The van der Waals surface area contributed by atoms with Crippen LogP contribution in [0.5, 0.6) is 0 Å². The number of amides is 2. The van der Waals surface area contributed by atoms with Crippen molar-refractivity contribution in [1.29, 1.82) is 0 Å². The van der Waals surface area contributed by atoms with Crippen LogP contribution in [0.1, 0.15) is 52.9 Å². The number of likely N-dealkylation sites (tertiary alicyclic amines) is 1. The number of carbonyl (C=O) groups excluding carboxylic acids is 2. The van der Waals surface area contributed by atoms with Crippen LogP contribution in [0.15, 0.2) is 0 Å². The Bertz CT molecular complexity index is 433. The van der Waals surface area contributed by atoms with Gasteiger partial charge in [0.05, 0.1) is 6.61 Å². The topological polar surface area (TPSA) is 67.9 Å². The molecule has 6 nitrogen and oxygen atoms in total. The van der Waals surface area contributed by atoms with Crippen molar-refractivity contribution >= 4 is 12.0 Å². The van der Waals surface area contributed by atoms with Gasteiger partial charge in [-0.15, -0.1) is 0 Å². The largest absolute Gasteiger partial charge is 0.444 e. The lowest BCUT2D eigenvalue weighted by atomic mass is 9.85. The van der Waals surface area contributed by atoms with Crippen LogP contribution in [0, 0.1) is 5.92 Å². The first-order valence-corrected chi connectivity index (χ1v) is 8.61. The molecular formula is C17H30N2O4. The van der Waals surface area contributed by atoms with Crippen LogP contribution in [-0.4, -0.2) is 54.8 Å². The number of rotatable bonds is 4. The third kappa shape index (κ3) is 4.59. The molecule has 0 radical (unpaired) electrons. The summed E-state index contributed by atoms with van der Waals surface area (Å²) in [6.45, 7) is 6.49. The molecule has 0 unspecified atom stereocenters. The van der Waals surface area contributed by atoms with Gasteiger partial charge in [-0.3, -0.25) is 9.69 Å². The van der Waals surface area contributed by atoms with E-state index in [-0.39, 0.29) is 18.0 Å². The maximum atomic E-state index is 12.7. The van der Waals surface area contributed by atoms with Gasteiger partial charge in [-0.05, 0) is 46.0 Å². The monoisotopic (exact) mass is 326 g/mol. The fraction of sp³-hybridized carbons (Fsp3) is 0.882. The van der Waals surface area contributed by atoms with Crippen molar-refractivity contribution in [2.75, 3.05) is 20.3 Å². The second-order valence-corrected chi connectivity index (χ2v) is 7.53. The molecule has 2 amide bonds. The molecule has 1 saturated heterocycles. The maximum Gasteiger partial charge on any atom is 0.411 e. The van der Waals surface area contributed by atoms with Crippen molar-refractivity contribution in [2.45, 2.75) is 70.6 Å². The second kappa shape index (κ2) is 7.51. The molecule has 0 aromatic rings. The van der Waals surface area contributed by atoms with Crippen LogP contribution in [0.2, 0.25) is 0 Å². The molecule has 1 saturated carbocycles. The van der Waals surface area contributed by atoms with Crippen LogP contribution in [-0.2, 0) is 14.3 Å². The normalized spacial score (nSPS) is 27.5. The fourth-order valence-electron chi connectivity index (χ4n) is 3.67. The Kier molecular flexibility index (Phi) is 5.89. The molecule has 0 spiro atoms. The van der Waals surface area contributed by atoms with E-state index in [0.717, 1.165) is 25.7 Å².